The van der Waals surface area contributed by atoms with Crippen LogP contribution in [0.3, 0.4) is 0 Å². The minimum absolute atomic E-state index is 0.0856. The second-order valence-corrected chi connectivity index (χ2v) is 10.2. The third-order valence-electron chi connectivity index (χ3n) is 5.24. The second kappa shape index (κ2) is 9.54. The van der Waals surface area contributed by atoms with Crippen molar-refractivity contribution in [3.63, 3.8) is 0 Å². The Morgan fingerprint density at radius 2 is 1.85 bits per heavy atom. The van der Waals surface area contributed by atoms with Crippen molar-refractivity contribution in [1.29, 1.82) is 0 Å². The molecule has 6 nitrogen and oxygen atoms in total. The fourth-order valence-electron chi connectivity index (χ4n) is 3.54. The van der Waals surface area contributed by atoms with Crippen molar-refractivity contribution in [3.05, 3.63) is 35.4 Å². The standard InChI is InChI=1S/C20H31N2O4P/c1-22(2)18-10-8-16(9-11-18)12-17(20(23)24)14-27(25,26)19(21)13-15-6-4-3-5-7-15/h8-12,15,19H,3-7,13-14,21H2,1-2H3,(H,23,24)(H,25,26)/b17-12-. The van der Waals surface area contributed by atoms with E-state index in [4.69, 9.17) is 5.73 Å². The number of nitrogens with zero attached hydrogens (tertiary/aromatic N) is 1. The van der Waals surface area contributed by atoms with Crippen molar-refractivity contribution < 1.29 is 19.4 Å². The van der Waals surface area contributed by atoms with Gasteiger partial charge in [-0.1, -0.05) is 44.2 Å². The molecule has 0 bridgehead atoms. The summed E-state index contributed by atoms with van der Waals surface area (Å²) in [4.78, 5) is 24.0. The molecular weight excluding hydrogens is 363 g/mol. The first-order valence-corrected chi connectivity index (χ1v) is 11.4. The third kappa shape index (κ3) is 6.49. The van der Waals surface area contributed by atoms with Crippen LogP contribution in [0.2, 0.25) is 0 Å². The lowest BCUT2D eigenvalue weighted by molar-refractivity contribution is -0.132. The highest BCUT2D eigenvalue weighted by Gasteiger charge is 2.32. The van der Waals surface area contributed by atoms with E-state index < -0.39 is 25.3 Å². The first-order valence-electron chi connectivity index (χ1n) is 9.47. The summed E-state index contributed by atoms with van der Waals surface area (Å²) in [6, 6.07) is 7.34. The monoisotopic (exact) mass is 394 g/mol. The van der Waals surface area contributed by atoms with Crippen molar-refractivity contribution in [1.82, 2.24) is 0 Å². The highest BCUT2D eigenvalue weighted by molar-refractivity contribution is 7.59. The number of carbonyl (C=O) groups is 1. The summed E-state index contributed by atoms with van der Waals surface area (Å²) in [5, 5.41) is 9.49. The summed E-state index contributed by atoms with van der Waals surface area (Å²) in [6.07, 6.45) is 7.08. The number of aliphatic carboxylic acids is 1. The molecular formula is C20H31N2O4P. The fraction of sp³-hybridized carbons (Fsp3) is 0.550. The first kappa shape index (κ1) is 21.7. The molecule has 0 saturated heterocycles. The van der Waals surface area contributed by atoms with E-state index in [1.807, 2.05) is 31.1 Å². The van der Waals surface area contributed by atoms with Crippen LogP contribution in [0.25, 0.3) is 6.08 Å². The number of nitrogens with two attached hydrogens (primary N) is 1. The molecule has 0 spiro atoms. The SMILES string of the molecule is CN(C)c1ccc(/C=C(/CP(=O)(O)C(N)CC2CCCCC2)C(=O)O)cc1. The van der Waals surface area contributed by atoms with Gasteiger partial charge in [-0.15, -0.1) is 0 Å². The number of benzene rings is 1. The molecule has 2 rings (SSSR count). The van der Waals surface area contributed by atoms with Crippen LogP contribution in [0, 0.1) is 5.92 Å². The van der Waals surface area contributed by atoms with E-state index in [-0.39, 0.29) is 5.57 Å². The average Bonchev–Trinajstić information content (AvgIpc) is 2.62. The van der Waals surface area contributed by atoms with Crippen LogP contribution in [0.15, 0.2) is 29.8 Å². The molecule has 0 amide bonds. The van der Waals surface area contributed by atoms with E-state index in [0.717, 1.165) is 31.4 Å². The van der Waals surface area contributed by atoms with Gasteiger partial charge < -0.3 is 20.6 Å². The van der Waals surface area contributed by atoms with Gasteiger partial charge in [0, 0.05) is 25.4 Å². The molecule has 4 N–H and O–H groups in total. The molecule has 1 aromatic rings. The van der Waals surface area contributed by atoms with Crippen molar-refractivity contribution in [3.8, 4) is 0 Å². The number of carboxylic acid groups (broad SMARTS) is 1. The Labute approximate surface area is 161 Å². The molecule has 0 heterocycles. The summed E-state index contributed by atoms with van der Waals surface area (Å²) in [5.74, 6) is -1.70. The van der Waals surface area contributed by atoms with Gasteiger partial charge in [0.15, 0.2) is 0 Å². The van der Waals surface area contributed by atoms with Gasteiger partial charge in [-0.2, -0.15) is 0 Å². The van der Waals surface area contributed by atoms with E-state index in [1.54, 1.807) is 12.1 Å². The Morgan fingerprint density at radius 1 is 1.26 bits per heavy atom. The van der Waals surface area contributed by atoms with Gasteiger partial charge in [0.25, 0.3) is 0 Å². The molecule has 7 heteroatoms. The summed E-state index contributed by atoms with van der Waals surface area (Å²) in [5.41, 5.74) is 7.62. The maximum atomic E-state index is 12.8. The molecule has 150 valence electrons. The fourth-order valence-corrected chi connectivity index (χ4v) is 5.11. The van der Waals surface area contributed by atoms with E-state index in [1.165, 1.54) is 12.5 Å². The van der Waals surface area contributed by atoms with E-state index in [0.29, 0.717) is 17.9 Å². The minimum Gasteiger partial charge on any atom is -0.478 e. The van der Waals surface area contributed by atoms with Gasteiger partial charge in [-0.25, -0.2) is 4.79 Å². The highest BCUT2D eigenvalue weighted by atomic mass is 31.2. The summed E-state index contributed by atoms with van der Waals surface area (Å²) < 4.78 is 12.8. The smallest absolute Gasteiger partial charge is 0.332 e. The van der Waals surface area contributed by atoms with Crippen molar-refractivity contribution in [2.75, 3.05) is 25.2 Å². The van der Waals surface area contributed by atoms with Gasteiger partial charge in [0.1, 0.15) is 0 Å². The molecule has 1 aromatic carbocycles. The molecule has 0 radical (unpaired) electrons. The van der Waals surface area contributed by atoms with Crippen molar-refractivity contribution in [2.45, 2.75) is 44.3 Å². The predicted molar refractivity (Wildman–Crippen MR) is 110 cm³/mol. The van der Waals surface area contributed by atoms with Crippen LogP contribution < -0.4 is 10.6 Å². The number of anilines is 1. The molecule has 0 aromatic heterocycles. The van der Waals surface area contributed by atoms with E-state index >= 15 is 0 Å². The largest absolute Gasteiger partial charge is 0.478 e. The second-order valence-electron chi connectivity index (χ2n) is 7.68. The third-order valence-corrected chi connectivity index (χ3v) is 7.28. The average molecular weight is 394 g/mol. The Hall–Kier alpha value is -1.62. The molecule has 27 heavy (non-hydrogen) atoms. The van der Waals surface area contributed by atoms with Crippen LogP contribution in [-0.2, 0) is 9.36 Å². The molecule has 1 aliphatic carbocycles. The molecule has 0 aliphatic heterocycles. The normalized spacial score (nSPS) is 19.3. The van der Waals surface area contributed by atoms with Gasteiger partial charge in [0.05, 0.1) is 11.9 Å². The van der Waals surface area contributed by atoms with Crippen LogP contribution in [0.1, 0.15) is 44.1 Å². The van der Waals surface area contributed by atoms with Gasteiger partial charge in [-0.05, 0) is 36.1 Å². The van der Waals surface area contributed by atoms with E-state index in [9.17, 15) is 19.4 Å². The van der Waals surface area contributed by atoms with Gasteiger partial charge in [0.2, 0.25) is 7.37 Å². The molecule has 1 fully saturated rings. The summed E-state index contributed by atoms with van der Waals surface area (Å²) >= 11 is 0. The maximum Gasteiger partial charge on any atom is 0.332 e. The van der Waals surface area contributed by atoms with Crippen LogP contribution in [0.4, 0.5) is 5.69 Å². The first-order chi connectivity index (χ1) is 12.7. The van der Waals surface area contributed by atoms with Gasteiger partial charge >= 0.3 is 5.97 Å². The molecule has 1 aliphatic rings. The minimum atomic E-state index is -3.80. The zero-order chi connectivity index (χ0) is 20.0. The maximum absolute atomic E-state index is 12.8. The number of rotatable bonds is 8. The molecule has 2 atom stereocenters. The topological polar surface area (TPSA) is 104 Å². The van der Waals surface area contributed by atoms with Crippen molar-refractivity contribution >= 4 is 25.1 Å². The lowest BCUT2D eigenvalue weighted by Gasteiger charge is -2.27. The number of hydrogen-bond acceptors (Lipinski definition) is 4. The lowest BCUT2D eigenvalue weighted by atomic mass is 9.87. The molecule has 2 unspecified atom stereocenters. The Morgan fingerprint density at radius 3 is 2.37 bits per heavy atom. The van der Waals surface area contributed by atoms with E-state index in [2.05, 4.69) is 0 Å². The zero-order valence-corrected chi connectivity index (χ0v) is 17.1. The van der Waals surface area contributed by atoms with Crippen molar-refractivity contribution in [2.24, 2.45) is 11.7 Å². The highest BCUT2D eigenvalue weighted by Crippen LogP contribution is 2.49. The molecule has 1 saturated carbocycles. The Bertz CT molecular complexity index is 709. The Balaban J connectivity index is 2.10. The predicted octanol–water partition coefficient (Wildman–Crippen LogP) is 3.75. The van der Waals surface area contributed by atoms with Gasteiger partial charge in [-0.3, -0.25) is 4.57 Å². The summed E-state index contributed by atoms with van der Waals surface area (Å²) in [7, 11) is 0.0378. The Kier molecular flexibility index (Phi) is 7.66. The van der Waals surface area contributed by atoms with Crippen LogP contribution >= 0.6 is 7.37 Å². The number of carboxylic acids is 1. The number of hydrogen-bond donors (Lipinski definition) is 3. The quantitative estimate of drug-likeness (QED) is 0.458. The van der Waals surface area contributed by atoms with Crippen LogP contribution in [0.5, 0.6) is 0 Å². The van der Waals surface area contributed by atoms with Crippen LogP contribution in [-0.4, -0.2) is 42.0 Å². The summed E-state index contributed by atoms with van der Waals surface area (Å²) in [6.45, 7) is 0. The zero-order valence-electron chi connectivity index (χ0n) is 16.2. The lowest BCUT2D eigenvalue weighted by Crippen LogP contribution is -2.27.